The summed E-state index contributed by atoms with van der Waals surface area (Å²) >= 11 is 1.71. The first-order valence-corrected chi connectivity index (χ1v) is 8.44. The summed E-state index contributed by atoms with van der Waals surface area (Å²) in [6, 6.07) is 11.9. The van der Waals surface area contributed by atoms with Crippen LogP contribution in [0.15, 0.2) is 51.5 Å². The molecule has 0 aliphatic rings. The van der Waals surface area contributed by atoms with Crippen LogP contribution in [0.25, 0.3) is 21.9 Å². The van der Waals surface area contributed by atoms with Crippen molar-refractivity contribution in [3.05, 3.63) is 53.6 Å². The molecule has 0 N–H and O–H groups in total. The summed E-state index contributed by atoms with van der Waals surface area (Å²) in [7, 11) is 2.02. The van der Waals surface area contributed by atoms with E-state index in [0.29, 0.717) is 24.1 Å². The highest BCUT2D eigenvalue weighted by Gasteiger charge is 2.19. The first kappa shape index (κ1) is 15.0. The van der Waals surface area contributed by atoms with Gasteiger partial charge in [0.05, 0.1) is 29.1 Å². The Balaban J connectivity index is 1.50. The fourth-order valence-corrected chi connectivity index (χ4v) is 3.51. The van der Waals surface area contributed by atoms with Crippen LogP contribution in [-0.2, 0) is 6.54 Å². The number of para-hydroxylation sites is 1. The van der Waals surface area contributed by atoms with Gasteiger partial charge < -0.3 is 8.83 Å². The molecule has 4 rings (SSSR count). The van der Waals surface area contributed by atoms with E-state index in [0.717, 1.165) is 10.5 Å². The second-order valence-electron chi connectivity index (χ2n) is 5.59. The number of hydrogen-bond donors (Lipinski definition) is 0. The van der Waals surface area contributed by atoms with Gasteiger partial charge in [0.2, 0.25) is 5.89 Å². The van der Waals surface area contributed by atoms with Crippen LogP contribution >= 0.6 is 11.3 Å². The molecule has 3 aromatic heterocycles. The third-order valence-electron chi connectivity index (χ3n) is 3.91. The van der Waals surface area contributed by atoms with E-state index in [1.807, 2.05) is 25.2 Å². The molecule has 0 amide bonds. The lowest BCUT2D eigenvalue weighted by Crippen LogP contribution is -2.22. The Kier molecular flexibility index (Phi) is 3.87. The van der Waals surface area contributed by atoms with Gasteiger partial charge in [-0.1, -0.05) is 12.1 Å². The molecule has 0 fully saturated rings. The maximum absolute atomic E-state index is 5.67. The van der Waals surface area contributed by atoms with Crippen molar-refractivity contribution in [1.82, 2.24) is 20.1 Å². The molecule has 6 nitrogen and oxygen atoms in total. The fourth-order valence-electron chi connectivity index (χ4n) is 2.42. The summed E-state index contributed by atoms with van der Waals surface area (Å²) < 4.78 is 12.1. The molecule has 0 saturated carbocycles. The number of aromatic nitrogens is 3. The molecule has 0 saturated heterocycles. The van der Waals surface area contributed by atoms with Crippen molar-refractivity contribution < 1.29 is 8.83 Å². The number of thiazole rings is 1. The predicted molar refractivity (Wildman–Crippen MR) is 91.5 cm³/mol. The average Bonchev–Trinajstić information content (AvgIpc) is 3.32. The van der Waals surface area contributed by atoms with Gasteiger partial charge in [-0.05, 0) is 38.2 Å². The van der Waals surface area contributed by atoms with E-state index in [1.165, 1.54) is 4.70 Å². The first-order valence-electron chi connectivity index (χ1n) is 7.62. The lowest BCUT2D eigenvalue weighted by atomic mass is 10.3. The monoisotopic (exact) mass is 340 g/mol. The SMILES string of the molecule is C[C@@H](c1nc2ccccc2s1)N(C)Cc1nnc(-c2ccco2)o1. The molecule has 0 unspecified atom stereocenters. The highest BCUT2D eigenvalue weighted by atomic mass is 32.1. The smallest absolute Gasteiger partial charge is 0.283 e. The molecule has 0 bridgehead atoms. The minimum absolute atomic E-state index is 0.154. The van der Waals surface area contributed by atoms with Crippen LogP contribution < -0.4 is 0 Å². The molecule has 4 aromatic rings. The lowest BCUT2D eigenvalue weighted by Gasteiger charge is -2.20. The van der Waals surface area contributed by atoms with Gasteiger partial charge in [-0.2, -0.15) is 0 Å². The second-order valence-corrected chi connectivity index (χ2v) is 6.65. The summed E-state index contributed by atoms with van der Waals surface area (Å²) in [5.41, 5.74) is 1.04. The van der Waals surface area contributed by atoms with Gasteiger partial charge >= 0.3 is 0 Å². The van der Waals surface area contributed by atoms with Crippen molar-refractivity contribution in [3.63, 3.8) is 0 Å². The molecule has 1 aromatic carbocycles. The van der Waals surface area contributed by atoms with E-state index >= 15 is 0 Å². The first-order chi connectivity index (χ1) is 11.7. The van der Waals surface area contributed by atoms with Crippen LogP contribution in [0, 0.1) is 0 Å². The minimum atomic E-state index is 0.154. The second kappa shape index (κ2) is 6.18. The van der Waals surface area contributed by atoms with E-state index < -0.39 is 0 Å². The molecule has 0 aliphatic carbocycles. The van der Waals surface area contributed by atoms with Crippen molar-refractivity contribution in [2.45, 2.75) is 19.5 Å². The third-order valence-corrected chi connectivity index (χ3v) is 5.12. The van der Waals surface area contributed by atoms with Crippen LogP contribution in [0.3, 0.4) is 0 Å². The van der Waals surface area contributed by atoms with E-state index in [2.05, 4.69) is 28.1 Å². The molecule has 122 valence electrons. The fraction of sp³-hybridized carbons (Fsp3) is 0.235. The molecule has 0 aliphatic heterocycles. The van der Waals surface area contributed by atoms with Crippen molar-refractivity contribution in [1.29, 1.82) is 0 Å². The number of nitrogens with zero attached hydrogens (tertiary/aromatic N) is 4. The van der Waals surface area contributed by atoms with Gasteiger partial charge in [0.25, 0.3) is 5.89 Å². The molecule has 3 heterocycles. The molecule has 0 spiro atoms. The number of furan rings is 1. The quantitative estimate of drug-likeness (QED) is 0.544. The van der Waals surface area contributed by atoms with Crippen molar-refractivity contribution in [2.24, 2.45) is 0 Å². The van der Waals surface area contributed by atoms with E-state index in [9.17, 15) is 0 Å². The standard InChI is InChI=1S/C17H16N4O2S/c1-11(17-18-12-6-3-4-8-14(12)24-17)21(2)10-15-19-20-16(23-15)13-7-5-9-22-13/h3-9,11H,10H2,1-2H3/t11-/m0/s1. The maximum Gasteiger partial charge on any atom is 0.283 e. The van der Waals surface area contributed by atoms with Gasteiger partial charge in [0, 0.05) is 0 Å². The zero-order valence-electron chi connectivity index (χ0n) is 13.3. The summed E-state index contributed by atoms with van der Waals surface area (Å²) in [5, 5.41) is 9.20. The van der Waals surface area contributed by atoms with E-state index in [1.54, 1.807) is 29.7 Å². The summed E-state index contributed by atoms with van der Waals surface area (Å²) in [6.45, 7) is 2.67. The van der Waals surface area contributed by atoms with Crippen LogP contribution in [0.2, 0.25) is 0 Å². The maximum atomic E-state index is 5.67. The Labute approximate surface area is 142 Å². The Morgan fingerprint density at radius 3 is 2.83 bits per heavy atom. The Morgan fingerprint density at radius 1 is 1.17 bits per heavy atom. The largest absolute Gasteiger partial charge is 0.459 e. The molecule has 0 radical (unpaired) electrons. The summed E-state index contributed by atoms with van der Waals surface area (Å²) in [5.74, 6) is 1.53. The van der Waals surface area contributed by atoms with E-state index in [-0.39, 0.29) is 6.04 Å². The van der Waals surface area contributed by atoms with Gasteiger partial charge in [-0.3, -0.25) is 4.90 Å². The number of rotatable bonds is 5. The minimum Gasteiger partial charge on any atom is -0.459 e. The number of benzene rings is 1. The van der Waals surface area contributed by atoms with Crippen LogP contribution in [0.1, 0.15) is 23.9 Å². The molecular weight excluding hydrogens is 324 g/mol. The topological polar surface area (TPSA) is 68.2 Å². The van der Waals surface area contributed by atoms with Crippen molar-refractivity contribution in [2.75, 3.05) is 7.05 Å². The van der Waals surface area contributed by atoms with Crippen molar-refractivity contribution in [3.8, 4) is 11.7 Å². The summed E-state index contributed by atoms with van der Waals surface area (Å²) in [6.07, 6.45) is 1.58. The molecule has 24 heavy (non-hydrogen) atoms. The normalized spacial score (nSPS) is 13.0. The van der Waals surface area contributed by atoms with Crippen LogP contribution in [-0.4, -0.2) is 27.1 Å². The van der Waals surface area contributed by atoms with Crippen molar-refractivity contribution >= 4 is 21.6 Å². The van der Waals surface area contributed by atoms with Gasteiger partial charge in [-0.15, -0.1) is 21.5 Å². The highest BCUT2D eigenvalue weighted by molar-refractivity contribution is 7.18. The third kappa shape index (κ3) is 2.83. The van der Waals surface area contributed by atoms with Crippen LogP contribution in [0.4, 0.5) is 0 Å². The van der Waals surface area contributed by atoms with Gasteiger partial charge in [-0.25, -0.2) is 4.98 Å². The zero-order valence-corrected chi connectivity index (χ0v) is 14.2. The lowest BCUT2D eigenvalue weighted by molar-refractivity contribution is 0.228. The number of fused-ring (bicyclic) bond motifs is 1. The van der Waals surface area contributed by atoms with Crippen LogP contribution in [0.5, 0.6) is 0 Å². The Morgan fingerprint density at radius 2 is 2.04 bits per heavy atom. The molecule has 7 heteroatoms. The number of hydrogen-bond acceptors (Lipinski definition) is 7. The Bertz CT molecular complexity index is 911. The average molecular weight is 340 g/mol. The van der Waals surface area contributed by atoms with E-state index in [4.69, 9.17) is 13.8 Å². The zero-order chi connectivity index (χ0) is 16.5. The highest BCUT2D eigenvalue weighted by Crippen LogP contribution is 2.29. The van der Waals surface area contributed by atoms with Gasteiger partial charge in [0.15, 0.2) is 5.76 Å². The molecular formula is C17H16N4O2S. The predicted octanol–water partition coefficient (Wildman–Crippen LogP) is 4.13. The molecule has 1 atom stereocenters. The van der Waals surface area contributed by atoms with Gasteiger partial charge in [0.1, 0.15) is 5.01 Å². The Hall–Kier alpha value is -2.51. The summed E-state index contributed by atoms with van der Waals surface area (Å²) in [4.78, 5) is 6.85.